The van der Waals surface area contributed by atoms with Crippen LogP contribution in [0.25, 0.3) is 0 Å². The maximum atomic E-state index is 10.1. The summed E-state index contributed by atoms with van der Waals surface area (Å²) >= 11 is 0. The summed E-state index contributed by atoms with van der Waals surface area (Å²) < 4.78 is 0. The predicted octanol–water partition coefficient (Wildman–Crippen LogP) is 7.86. The zero-order valence-corrected chi connectivity index (χ0v) is 19.8. The Balaban J connectivity index is 1.55. The highest BCUT2D eigenvalue weighted by molar-refractivity contribution is 5.01. The molecule has 1 heteroatoms. The summed E-state index contributed by atoms with van der Waals surface area (Å²) in [5, 5.41) is 10.1. The van der Waals surface area contributed by atoms with Crippen LogP contribution in [0.4, 0.5) is 0 Å². The minimum absolute atomic E-state index is 0.0135. The van der Waals surface area contributed by atoms with Gasteiger partial charge in [-0.05, 0) is 98.2 Å². The van der Waals surface area contributed by atoms with Gasteiger partial charge in [0.2, 0.25) is 0 Å². The number of rotatable bonds is 8. The molecule has 0 aromatic carbocycles. The summed E-state index contributed by atoms with van der Waals surface area (Å²) in [7, 11) is 0. The molecule has 8 atom stereocenters. The van der Waals surface area contributed by atoms with E-state index in [2.05, 4.69) is 34.6 Å². The molecule has 164 valence electrons. The molecule has 0 aromatic rings. The lowest BCUT2D eigenvalue weighted by molar-refractivity contribution is 0.0171. The fraction of sp³-hybridized carbons (Fsp3) is 1.00. The molecule has 0 aromatic heterocycles. The van der Waals surface area contributed by atoms with Crippen LogP contribution in [0.5, 0.6) is 0 Å². The van der Waals surface area contributed by atoms with Gasteiger partial charge in [-0.3, -0.25) is 0 Å². The van der Waals surface area contributed by atoms with Crippen LogP contribution in [0.15, 0.2) is 0 Å². The Morgan fingerprint density at radius 2 is 1.68 bits per heavy atom. The number of aliphatic hydroxyl groups excluding tert-OH is 1. The van der Waals surface area contributed by atoms with Crippen LogP contribution in [0.1, 0.15) is 118 Å². The van der Waals surface area contributed by atoms with E-state index in [0.717, 1.165) is 54.3 Å². The van der Waals surface area contributed by atoms with Crippen LogP contribution in [-0.4, -0.2) is 11.2 Å². The predicted molar refractivity (Wildman–Crippen MR) is 121 cm³/mol. The Hall–Kier alpha value is -0.0400. The summed E-state index contributed by atoms with van der Waals surface area (Å²) in [5.74, 6) is 6.32. The van der Waals surface area contributed by atoms with E-state index < -0.39 is 0 Å². The lowest BCUT2D eigenvalue weighted by Gasteiger charge is -2.47. The Morgan fingerprint density at radius 3 is 2.43 bits per heavy atom. The second kappa shape index (κ2) is 9.84. The van der Waals surface area contributed by atoms with Crippen LogP contribution < -0.4 is 0 Å². The van der Waals surface area contributed by atoms with E-state index in [1.165, 1.54) is 70.6 Å². The molecule has 3 unspecified atom stereocenters. The number of fused-ring (bicyclic) bond motifs is 1. The lowest BCUT2D eigenvalue weighted by Crippen LogP contribution is -2.39. The van der Waals surface area contributed by atoms with Gasteiger partial charge in [0, 0.05) is 0 Å². The van der Waals surface area contributed by atoms with Gasteiger partial charge in [-0.1, -0.05) is 66.7 Å². The molecule has 1 nitrogen and oxygen atoms in total. The van der Waals surface area contributed by atoms with E-state index in [1.54, 1.807) is 0 Å². The summed E-state index contributed by atoms with van der Waals surface area (Å²) in [6.45, 7) is 12.4. The minimum atomic E-state index is -0.0135. The van der Waals surface area contributed by atoms with E-state index in [-0.39, 0.29) is 6.10 Å². The topological polar surface area (TPSA) is 20.2 Å². The molecule has 0 saturated heterocycles. The van der Waals surface area contributed by atoms with Gasteiger partial charge >= 0.3 is 0 Å². The molecular weight excluding hydrogens is 340 g/mol. The third-order valence-corrected chi connectivity index (χ3v) is 9.71. The molecule has 3 aliphatic rings. The molecule has 1 N–H and O–H groups in total. The Labute approximate surface area is 176 Å². The summed E-state index contributed by atoms with van der Waals surface area (Å²) in [6.07, 6.45) is 17.9. The largest absolute Gasteiger partial charge is 0.393 e. The van der Waals surface area contributed by atoms with Gasteiger partial charge in [-0.15, -0.1) is 0 Å². The average Bonchev–Trinajstić information content (AvgIpc) is 2.99. The maximum Gasteiger partial charge on any atom is 0.0543 e. The molecule has 3 aliphatic carbocycles. The minimum Gasteiger partial charge on any atom is -0.393 e. The van der Waals surface area contributed by atoms with Gasteiger partial charge in [-0.25, -0.2) is 0 Å². The normalized spacial score (nSPS) is 42.5. The Bertz CT molecular complexity index is 471. The third-order valence-electron chi connectivity index (χ3n) is 9.71. The molecular formula is C27H50O. The highest BCUT2D eigenvalue weighted by atomic mass is 16.3. The van der Waals surface area contributed by atoms with E-state index in [1.807, 2.05) is 0 Å². The molecule has 3 fully saturated rings. The molecule has 3 rings (SSSR count). The molecule has 0 aliphatic heterocycles. The van der Waals surface area contributed by atoms with Gasteiger partial charge in [-0.2, -0.15) is 0 Å². The molecule has 0 amide bonds. The molecule has 3 saturated carbocycles. The smallest absolute Gasteiger partial charge is 0.0543 e. The third kappa shape index (κ3) is 5.16. The van der Waals surface area contributed by atoms with Gasteiger partial charge < -0.3 is 5.11 Å². The van der Waals surface area contributed by atoms with Crippen molar-refractivity contribution in [2.24, 2.45) is 46.8 Å². The average molecular weight is 391 g/mol. The van der Waals surface area contributed by atoms with Crippen molar-refractivity contribution in [1.29, 1.82) is 0 Å². The zero-order valence-electron chi connectivity index (χ0n) is 19.8. The molecule has 0 spiro atoms. The molecule has 0 heterocycles. The second-order valence-electron chi connectivity index (χ2n) is 12.0. The fourth-order valence-corrected chi connectivity index (χ4v) is 7.94. The first-order chi connectivity index (χ1) is 13.3. The van der Waals surface area contributed by atoms with Crippen molar-refractivity contribution >= 4 is 0 Å². The van der Waals surface area contributed by atoms with Crippen LogP contribution in [0.2, 0.25) is 0 Å². The van der Waals surface area contributed by atoms with E-state index in [9.17, 15) is 5.11 Å². The van der Waals surface area contributed by atoms with Gasteiger partial charge in [0.15, 0.2) is 0 Å². The highest BCUT2D eigenvalue weighted by Gasteiger charge is 2.52. The van der Waals surface area contributed by atoms with Crippen LogP contribution in [0, 0.1) is 46.8 Å². The van der Waals surface area contributed by atoms with Crippen LogP contribution in [-0.2, 0) is 0 Å². The Kier molecular flexibility index (Phi) is 7.96. The van der Waals surface area contributed by atoms with Crippen LogP contribution >= 0.6 is 0 Å². The zero-order chi connectivity index (χ0) is 20.3. The molecule has 28 heavy (non-hydrogen) atoms. The standard InChI is InChI=1S/C27H50O/c1-19(2)8-6-9-21(4)25-15-16-26-22(10-7-17-27(25,26)5)12-13-23-18-24(28)14-11-20(23)3/h19-26,28H,6-18H2,1-5H3/t20?,21-,22?,23?,24+,25-,26+,27-/m1/s1. The summed E-state index contributed by atoms with van der Waals surface area (Å²) in [4.78, 5) is 0. The van der Waals surface area contributed by atoms with Gasteiger partial charge in [0.25, 0.3) is 0 Å². The van der Waals surface area contributed by atoms with E-state index in [0.29, 0.717) is 5.41 Å². The number of hydrogen-bond acceptors (Lipinski definition) is 1. The van der Waals surface area contributed by atoms with Crippen molar-refractivity contribution in [1.82, 2.24) is 0 Å². The lowest BCUT2D eigenvalue weighted by atomic mass is 9.58. The number of aliphatic hydroxyl groups is 1. The first-order valence-corrected chi connectivity index (χ1v) is 13.0. The van der Waals surface area contributed by atoms with E-state index >= 15 is 0 Å². The van der Waals surface area contributed by atoms with Gasteiger partial charge in [0.1, 0.15) is 0 Å². The van der Waals surface area contributed by atoms with Crippen LogP contribution in [0.3, 0.4) is 0 Å². The fourth-order valence-electron chi connectivity index (χ4n) is 7.94. The molecule has 0 radical (unpaired) electrons. The highest BCUT2D eigenvalue weighted by Crippen LogP contribution is 2.61. The van der Waals surface area contributed by atoms with Crippen molar-refractivity contribution in [2.45, 2.75) is 124 Å². The molecule has 0 bridgehead atoms. The van der Waals surface area contributed by atoms with Crippen molar-refractivity contribution in [2.75, 3.05) is 0 Å². The summed E-state index contributed by atoms with van der Waals surface area (Å²) in [6, 6.07) is 0. The van der Waals surface area contributed by atoms with Gasteiger partial charge in [0.05, 0.1) is 6.10 Å². The van der Waals surface area contributed by atoms with E-state index in [4.69, 9.17) is 0 Å². The monoisotopic (exact) mass is 390 g/mol. The van der Waals surface area contributed by atoms with Crippen molar-refractivity contribution < 1.29 is 5.11 Å². The van der Waals surface area contributed by atoms with Crippen molar-refractivity contribution in [3.8, 4) is 0 Å². The van der Waals surface area contributed by atoms with Crippen molar-refractivity contribution in [3.63, 3.8) is 0 Å². The SMILES string of the molecule is CC(C)CCC[C@@H](C)[C@H]1CC[C@H]2C(CCC3C[C@@H](O)CCC3C)CCC[C@]12C. The number of hydrogen-bond donors (Lipinski definition) is 1. The Morgan fingerprint density at radius 1 is 0.929 bits per heavy atom. The summed E-state index contributed by atoms with van der Waals surface area (Å²) in [5.41, 5.74) is 0.623. The van der Waals surface area contributed by atoms with Crippen molar-refractivity contribution in [3.05, 3.63) is 0 Å². The first kappa shape index (κ1) is 22.6. The first-order valence-electron chi connectivity index (χ1n) is 13.0. The quantitative estimate of drug-likeness (QED) is 0.447. The second-order valence-corrected chi connectivity index (χ2v) is 12.0. The maximum absolute atomic E-state index is 10.1.